The van der Waals surface area contributed by atoms with E-state index in [1.54, 1.807) is 13.2 Å². The number of amides is 1. The Balaban J connectivity index is 2.68. The Labute approximate surface area is 131 Å². The largest absolute Gasteiger partial charge is 0.497 e. The van der Waals surface area contributed by atoms with Gasteiger partial charge in [0, 0.05) is 0 Å². The molecule has 2 aromatic rings. The molecule has 0 radical (unpaired) electrons. The second kappa shape index (κ2) is 6.12. The van der Waals surface area contributed by atoms with Crippen LogP contribution < -0.4 is 10.1 Å². The van der Waals surface area contributed by atoms with Gasteiger partial charge in [0.2, 0.25) is 0 Å². The molecular formula is C17H19NO3Si. The topological polar surface area (TPSA) is 58.6 Å². The monoisotopic (exact) mass is 313 g/mol. The van der Waals surface area contributed by atoms with Gasteiger partial charge >= 0.3 is 6.09 Å². The Kier molecular flexibility index (Phi) is 4.43. The van der Waals surface area contributed by atoms with E-state index in [2.05, 4.69) is 36.4 Å². The van der Waals surface area contributed by atoms with E-state index in [-0.39, 0.29) is 0 Å². The van der Waals surface area contributed by atoms with Gasteiger partial charge in [0.15, 0.2) is 0 Å². The van der Waals surface area contributed by atoms with E-state index >= 15 is 0 Å². The molecule has 4 nitrogen and oxygen atoms in total. The summed E-state index contributed by atoms with van der Waals surface area (Å²) >= 11 is 0. The molecule has 0 saturated heterocycles. The molecule has 0 aliphatic heterocycles. The molecule has 0 unspecified atom stereocenters. The van der Waals surface area contributed by atoms with Gasteiger partial charge in [-0.15, -0.1) is 5.54 Å². The van der Waals surface area contributed by atoms with Crippen molar-refractivity contribution in [1.82, 2.24) is 0 Å². The van der Waals surface area contributed by atoms with Gasteiger partial charge in [-0.25, -0.2) is 4.79 Å². The zero-order valence-electron chi connectivity index (χ0n) is 13.2. The van der Waals surface area contributed by atoms with Crippen molar-refractivity contribution in [3.05, 3.63) is 35.9 Å². The van der Waals surface area contributed by atoms with E-state index < -0.39 is 14.2 Å². The number of ether oxygens (including phenoxy) is 1. The Morgan fingerprint density at radius 1 is 1.23 bits per heavy atom. The first-order chi connectivity index (χ1) is 10.3. The smallest absolute Gasteiger partial charge is 0.409 e. The van der Waals surface area contributed by atoms with Crippen LogP contribution in [0.5, 0.6) is 5.75 Å². The maximum Gasteiger partial charge on any atom is 0.409 e. The Morgan fingerprint density at radius 3 is 2.55 bits per heavy atom. The quantitative estimate of drug-likeness (QED) is 0.646. The minimum atomic E-state index is -1.57. The van der Waals surface area contributed by atoms with Crippen molar-refractivity contribution in [1.29, 1.82) is 0 Å². The van der Waals surface area contributed by atoms with Gasteiger partial charge in [0.05, 0.1) is 18.4 Å². The maximum atomic E-state index is 11.0. The molecule has 5 heteroatoms. The summed E-state index contributed by atoms with van der Waals surface area (Å²) in [4.78, 5) is 11.0. The summed E-state index contributed by atoms with van der Waals surface area (Å²) in [7, 11) is 0.0494. The molecular weight excluding hydrogens is 294 g/mol. The van der Waals surface area contributed by atoms with E-state index in [1.807, 2.05) is 24.3 Å². The first-order valence-corrected chi connectivity index (χ1v) is 10.4. The highest BCUT2D eigenvalue weighted by atomic mass is 28.3. The van der Waals surface area contributed by atoms with Crippen LogP contribution in [0.25, 0.3) is 10.8 Å². The lowest BCUT2D eigenvalue weighted by atomic mass is 10.0. The summed E-state index contributed by atoms with van der Waals surface area (Å²) < 4.78 is 5.23. The summed E-state index contributed by atoms with van der Waals surface area (Å²) in [5.74, 6) is 3.94. The van der Waals surface area contributed by atoms with Crippen LogP contribution in [-0.2, 0) is 0 Å². The predicted octanol–water partition coefficient (Wildman–Crippen LogP) is 4.17. The highest BCUT2D eigenvalue weighted by Gasteiger charge is 2.11. The van der Waals surface area contributed by atoms with E-state index in [4.69, 9.17) is 9.84 Å². The second-order valence-corrected chi connectivity index (χ2v) is 10.8. The van der Waals surface area contributed by atoms with Gasteiger partial charge in [-0.3, -0.25) is 5.32 Å². The number of carbonyl (C=O) groups is 1. The molecule has 1 amide bonds. The minimum absolute atomic E-state index is 0.510. The minimum Gasteiger partial charge on any atom is -0.497 e. The third kappa shape index (κ3) is 3.80. The molecule has 0 spiro atoms. The van der Waals surface area contributed by atoms with Crippen LogP contribution in [0, 0.1) is 11.5 Å². The number of methoxy groups -OCH3 is 1. The SMILES string of the molecule is COc1ccc2c(C#C[Si](C)(C)C)c(NC(=O)O)ccc2c1. The van der Waals surface area contributed by atoms with Crippen molar-refractivity contribution in [2.45, 2.75) is 19.6 Å². The molecule has 0 bridgehead atoms. The van der Waals surface area contributed by atoms with E-state index in [0.717, 1.165) is 16.5 Å². The third-order valence-electron chi connectivity index (χ3n) is 3.03. The maximum absolute atomic E-state index is 11.0. The molecule has 0 heterocycles. The summed E-state index contributed by atoms with van der Waals surface area (Å²) in [5, 5.41) is 13.3. The zero-order valence-corrected chi connectivity index (χ0v) is 14.2. The fourth-order valence-electron chi connectivity index (χ4n) is 2.04. The van der Waals surface area contributed by atoms with Crippen LogP contribution in [0.4, 0.5) is 10.5 Å². The first-order valence-electron chi connectivity index (χ1n) is 6.94. The molecule has 2 N–H and O–H groups in total. The Bertz CT molecular complexity index is 782. The summed E-state index contributed by atoms with van der Waals surface area (Å²) in [6.07, 6.45) is -1.09. The summed E-state index contributed by atoms with van der Waals surface area (Å²) in [5.41, 5.74) is 4.52. The number of anilines is 1. The number of hydrogen-bond acceptors (Lipinski definition) is 2. The number of carboxylic acid groups (broad SMARTS) is 1. The van der Waals surface area contributed by atoms with Crippen LogP contribution in [0.3, 0.4) is 0 Å². The van der Waals surface area contributed by atoms with Crippen molar-refractivity contribution in [2.24, 2.45) is 0 Å². The molecule has 22 heavy (non-hydrogen) atoms. The standard InChI is InChI=1S/C17H19NO3Si/c1-21-13-6-7-14-12(11-13)5-8-16(18-17(19)20)15(14)9-10-22(2,3)4/h5-8,11,18H,1-4H3,(H,19,20). The van der Waals surface area contributed by atoms with Crippen molar-refractivity contribution in [3.8, 4) is 17.2 Å². The fraction of sp³-hybridized carbons (Fsp3) is 0.235. The lowest BCUT2D eigenvalue weighted by molar-refractivity contribution is 0.209. The van der Waals surface area contributed by atoms with Crippen molar-refractivity contribution >= 4 is 30.6 Å². The Hall–Kier alpha value is -2.45. The molecule has 0 aliphatic rings. The van der Waals surface area contributed by atoms with Crippen LogP contribution in [0.1, 0.15) is 5.56 Å². The highest BCUT2D eigenvalue weighted by molar-refractivity contribution is 6.83. The molecule has 0 fully saturated rings. The highest BCUT2D eigenvalue weighted by Crippen LogP contribution is 2.28. The Morgan fingerprint density at radius 2 is 1.95 bits per heavy atom. The van der Waals surface area contributed by atoms with Gasteiger partial charge < -0.3 is 9.84 Å². The predicted molar refractivity (Wildman–Crippen MR) is 92.4 cm³/mol. The van der Waals surface area contributed by atoms with Crippen molar-refractivity contribution in [3.63, 3.8) is 0 Å². The number of benzene rings is 2. The fourth-order valence-corrected chi connectivity index (χ4v) is 2.54. The van der Waals surface area contributed by atoms with Gasteiger partial charge in [0.1, 0.15) is 13.8 Å². The molecule has 2 rings (SSSR count). The average molecular weight is 313 g/mol. The van der Waals surface area contributed by atoms with Crippen LogP contribution >= 0.6 is 0 Å². The van der Waals surface area contributed by atoms with Gasteiger partial charge in [-0.2, -0.15) is 0 Å². The van der Waals surface area contributed by atoms with Gasteiger partial charge in [-0.05, 0) is 35.0 Å². The molecule has 0 atom stereocenters. The molecule has 0 saturated carbocycles. The van der Waals surface area contributed by atoms with Gasteiger partial charge in [0.25, 0.3) is 0 Å². The molecule has 114 valence electrons. The normalized spacial score (nSPS) is 10.7. The molecule has 0 aromatic heterocycles. The van der Waals surface area contributed by atoms with Crippen LogP contribution in [0.15, 0.2) is 30.3 Å². The lowest BCUT2D eigenvalue weighted by Gasteiger charge is -2.10. The second-order valence-electron chi connectivity index (χ2n) is 6.01. The van der Waals surface area contributed by atoms with Crippen molar-refractivity contribution in [2.75, 3.05) is 12.4 Å². The third-order valence-corrected chi connectivity index (χ3v) is 3.91. The van der Waals surface area contributed by atoms with E-state index in [1.165, 1.54) is 0 Å². The number of fused-ring (bicyclic) bond motifs is 1. The van der Waals surface area contributed by atoms with Crippen LogP contribution in [0.2, 0.25) is 19.6 Å². The van der Waals surface area contributed by atoms with Crippen LogP contribution in [-0.4, -0.2) is 26.4 Å². The number of nitrogens with one attached hydrogen (secondary N) is 1. The van der Waals surface area contributed by atoms with Crippen molar-refractivity contribution < 1.29 is 14.6 Å². The number of rotatable bonds is 2. The first kappa shape index (κ1) is 15.9. The van der Waals surface area contributed by atoms with E-state index in [0.29, 0.717) is 11.3 Å². The molecule has 2 aromatic carbocycles. The average Bonchev–Trinajstić information content (AvgIpc) is 2.43. The number of hydrogen-bond donors (Lipinski definition) is 2. The zero-order chi connectivity index (χ0) is 16.3. The summed E-state index contributed by atoms with van der Waals surface area (Å²) in [6.45, 7) is 6.45. The van der Waals surface area contributed by atoms with E-state index in [9.17, 15) is 4.79 Å². The summed E-state index contributed by atoms with van der Waals surface area (Å²) in [6, 6.07) is 9.29. The lowest BCUT2D eigenvalue weighted by Crippen LogP contribution is -2.16. The van der Waals surface area contributed by atoms with Gasteiger partial charge in [-0.1, -0.05) is 31.6 Å². The molecule has 0 aliphatic carbocycles.